The van der Waals surface area contributed by atoms with Crippen LogP contribution >= 0.6 is 0 Å². The fourth-order valence-corrected chi connectivity index (χ4v) is 3.08. The number of nitrogens with one attached hydrogen (secondary N) is 2. The minimum Gasteiger partial charge on any atom is -0.351 e. The average Bonchev–Trinajstić information content (AvgIpc) is 2.68. The van der Waals surface area contributed by atoms with E-state index in [-0.39, 0.29) is 17.2 Å². The Morgan fingerprint density at radius 1 is 1.04 bits per heavy atom. The van der Waals surface area contributed by atoms with Crippen LogP contribution in [0.3, 0.4) is 0 Å². The molecule has 7 nitrogen and oxygen atoms in total. The molecule has 0 radical (unpaired) electrons. The molecular formula is C19H25N5O2. The number of aromatic nitrogens is 2. The van der Waals surface area contributed by atoms with Gasteiger partial charge in [-0.15, -0.1) is 0 Å². The summed E-state index contributed by atoms with van der Waals surface area (Å²) in [5.74, 6) is -0.256. The number of carbonyl (C=O) groups excluding carboxylic acids is 1. The predicted molar refractivity (Wildman–Crippen MR) is 100.0 cm³/mol. The molecule has 1 saturated heterocycles. The molecule has 26 heavy (non-hydrogen) atoms. The van der Waals surface area contributed by atoms with Crippen molar-refractivity contribution in [1.29, 1.82) is 0 Å². The highest BCUT2D eigenvalue weighted by Gasteiger charge is 2.16. The number of nitrogens with zero attached hydrogens (tertiary/aromatic N) is 3. The summed E-state index contributed by atoms with van der Waals surface area (Å²) in [5.41, 5.74) is 1.28. The molecule has 0 saturated carbocycles. The number of piperazine rings is 1. The van der Waals surface area contributed by atoms with E-state index in [0.29, 0.717) is 6.54 Å². The van der Waals surface area contributed by atoms with Crippen LogP contribution < -0.4 is 10.9 Å². The summed E-state index contributed by atoms with van der Waals surface area (Å²) in [5, 5.41) is 8.83. The van der Waals surface area contributed by atoms with E-state index in [1.165, 1.54) is 17.7 Å². The van der Waals surface area contributed by atoms with Gasteiger partial charge in [0.05, 0.1) is 0 Å². The molecule has 0 bridgehead atoms. The van der Waals surface area contributed by atoms with Crippen LogP contribution in [0.25, 0.3) is 0 Å². The van der Waals surface area contributed by atoms with Gasteiger partial charge in [-0.2, -0.15) is 5.10 Å². The zero-order valence-corrected chi connectivity index (χ0v) is 14.9. The van der Waals surface area contributed by atoms with E-state index in [0.717, 1.165) is 45.7 Å². The van der Waals surface area contributed by atoms with E-state index in [1.54, 1.807) is 0 Å². The summed E-state index contributed by atoms with van der Waals surface area (Å²) < 4.78 is 0. The van der Waals surface area contributed by atoms with Crippen LogP contribution in [0.4, 0.5) is 0 Å². The van der Waals surface area contributed by atoms with Gasteiger partial charge in [0.15, 0.2) is 0 Å². The monoisotopic (exact) mass is 355 g/mol. The molecule has 1 fully saturated rings. The number of H-pyrrole nitrogens is 1. The van der Waals surface area contributed by atoms with E-state index in [2.05, 4.69) is 49.6 Å². The topological polar surface area (TPSA) is 81.3 Å². The third-order valence-electron chi connectivity index (χ3n) is 4.56. The van der Waals surface area contributed by atoms with Crippen molar-refractivity contribution in [3.63, 3.8) is 0 Å². The second-order valence-electron chi connectivity index (χ2n) is 6.52. The van der Waals surface area contributed by atoms with E-state index < -0.39 is 0 Å². The Morgan fingerprint density at radius 2 is 1.77 bits per heavy atom. The zero-order valence-electron chi connectivity index (χ0n) is 14.9. The van der Waals surface area contributed by atoms with Crippen molar-refractivity contribution in [1.82, 2.24) is 25.3 Å². The molecule has 138 valence electrons. The van der Waals surface area contributed by atoms with E-state index in [1.807, 2.05) is 6.07 Å². The van der Waals surface area contributed by atoms with E-state index in [9.17, 15) is 9.59 Å². The maximum absolute atomic E-state index is 11.9. The molecule has 1 aromatic carbocycles. The molecule has 0 spiro atoms. The summed E-state index contributed by atoms with van der Waals surface area (Å²) in [6, 6.07) is 13.3. The fraction of sp³-hybridized carbons (Fsp3) is 0.421. The van der Waals surface area contributed by atoms with Gasteiger partial charge in [-0.3, -0.25) is 14.5 Å². The van der Waals surface area contributed by atoms with Crippen molar-refractivity contribution < 1.29 is 4.79 Å². The van der Waals surface area contributed by atoms with Crippen LogP contribution in [0.5, 0.6) is 0 Å². The van der Waals surface area contributed by atoms with Crippen molar-refractivity contribution >= 4 is 5.91 Å². The highest BCUT2D eigenvalue weighted by molar-refractivity contribution is 5.91. The van der Waals surface area contributed by atoms with Gasteiger partial charge in [0.2, 0.25) is 0 Å². The third kappa shape index (κ3) is 5.50. The summed E-state index contributed by atoms with van der Waals surface area (Å²) in [6.07, 6.45) is 0.897. The predicted octanol–water partition coefficient (Wildman–Crippen LogP) is 0.708. The SMILES string of the molecule is O=C(NCCCN1CCN(Cc2ccccc2)CC1)c1ccc(=O)[nH]n1. The van der Waals surface area contributed by atoms with Crippen LogP contribution in [-0.2, 0) is 6.54 Å². The lowest BCUT2D eigenvalue weighted by Crippen LogP contribution is -2.46. The van der Waals surface area contributed by atoms with Crippen LogP contribution in [0.2, 0.25) is 0 Å². The summed E-state index contributed by atoms with van der Waals surface area (Å²) in [4.78, 5) is 27.8. The number of hydrogen-bond acceptors (Lipinski definition) is 5. The van der Waals surface area contributed by atoms with Gasteiger partial charge in [-0.05, 0) is 24.6 Å². The highest BCUT2D eigenvalue weighted by Crippen LogP contribution is 2.08. The minimum atomic E-state index is -0.312. The van der Waals surface area contributed by atoms with Gasteiger partial charge < -0.3 is 10.2 Å². The van der Waals surface area contributed by atoms with Crippen LogP contribution in [0.15, 0.2) is 47.3 Å². The largest absolute Gasteiger partial charge is 0.351 e. The molecule has 0 aliphatic carbocycles. The molecule has 1 aliphatic heterocycles. The first kappa shape index (κ1) is 18.3. The Hall–Kier alpha value is -2.51. The van der Waals surface area contributed by atoms with Gasteiger partial charge in [-0.1, -0.05) is 30.3 Å². The molecule has 7 heteroatoms. The number of carbonyl (C=O) groups is 1. The number of rotatable bonds is 7. The van der Waals surface area contributed by atoms with Crippen LogP contribution in [-0.4, -0.2) is 65.2 Å². The Morgan fingerprint density at radius 3 is 2.46 bits per heavy atom. The van der Waals surface area contributed by atoms with Crippen molar-refractivity contribution in [2.24, 2.45) is 0 Å². The van der Waals surface area contributed by atoms with Crippen molar-refractivity contribution in [3.05, 3.63) is 64.1 Å². The average molecular weight is 355 g/mol. The van der Waals surface area contributed by atoms with Gasteiger partial charge in [-0.25, -0.2) is 5.10 Å². The van der Waals surface area contributed by atoms with Gasteiger partial charge in [0.1, 0.15) is 5.69 Å². The second kappa shape index (κ2) is 9.26. The van der Waals surface area contributed by atoms with Crippen molar-refractivity contribution in [2.45, 2.75) is 13.0 Å². The smallest absolute Gasteiger partial charge is 0.271 e. The van der Waals surface area contributed by atoms with Crippen LogP contribution in [0.1, 0.15) is 22.5 Å². The minimum absolute atomic E-state index is 0.235. The van der Waals surface area contributed by atoms with Gasteiger partial charge in [0.25, 0.3) is 11.5 Å². The van der Waals surface area contributed by atoms with Gasteiger partial charge >= 0.3 is 0 Å². The number of aromatic amines is 1. The maximum Gasteiger partial charge on any atom is 0.271 e. The summed E-state index contributed by atoms with van der Waals surface area (Å²) in [6.45, 7) is 6.84. The lowest BCUT2D eigenvalue weighted by molar-refractivity contribution is 0.0941. The molecule has 2 aromatic rings. The van der Waals surface area contributed by atoms with E-state index in [4.69, 9.17) is 0 Å². The lowest BCUT2D eigenvalue weighted by atomic mass is 10.2. The highest BCUT2D eigenvalue weighted by atomic mass is 16.2. The Balaban J connectivity index is 1.31. The molecule has 0 atom stereocenters. The third-order valence-corrected chi connectivity index (χ3v) is 4.56. The van der Waals surface area contributed by atoms with E-state index >= 15 is 0 Å². The molecule has 1 amide bonds. The standard InChI is InChI=1S/C19H25N5O2/c25-18-8-7-17(21-22-18)19(26)20-9-4-10-23-11-13-24(14-12-23)15-16-5-2-1-3-6-16/h1-3,5-8H,4,9-15H2,(H,20,26)(H,22,25). The number of benzene rings is 1. The Labute approximate surface area is 153 Å². The Kier molecular flexibility index (Phi) is 6.51. The first-order chi connectivity index (χ1) is 12.7. The summed E-state index contributed by atoms with van der Waals surface area (Å²) in [7, 11) is 0. The summed E-state index contributed by atoms with van der Waals surface area (Å²) >= 11 is 0. The first-order valence-electron chi connectivity index (χ1n) is 9.03. The van der Waals surface area contributed by atoms with Crippen molar-refractivity contribution in [2.75, 3.05) is 39.3 Å². The fourth-order valence-electron chi connectivity index (χ4n) is 3.08. The second-order valence-corrected chi connectivity index (χ2v) is 6.52. The zero-order chi connectivity index (χ0) is 18.2. The van der Waals surface area contributed by atoms with Crippen LogP contribution in [0, 0.1) is 0 Å². The first-order valence-corrected chi connectivity index (χ1v) is 9.03. The molecule has 2 N–H and O–H groups in total. The molecule has 0 unspecified atom stereocenters. The number of hydrogen-bond donors (Lipinski definition) is 2. The molecule has 1 aliphatic rings. The Bertz CT molecular complexity index is 734. The normalized spacial score (nSPS) is 15.7. The molecule has 3 rings (SSSR count). The quantitative estimate of drug-likeness (QED) is 0.715. The maximum atomic E-state index is 11.9. The van der Waals surface area contributed by atoms with Crippen molar-refractivity contribution in [3.8, 4) is 0 Å². The van der Waals surface area contributed by atoms with Gasteiger partial charge in [0, 0.05) is 45.3 Å². The molecular weight excluding hydrogens is 330 g/mol. The molecule has 2 heterocycles. The molecule has 1 aromatic heterocycles. The lowest BCUT2D eigenvalue weighted by Gasteiger charge is -2.34. The number of amides is 1.